The molecular formula is C15H18N4O2. The van der Waals surface area contributed by atoms with Gasteiger partial charge in [-0.25, -0.2) is 10.4 Å². The highest BCUT2D eigenvalue weighted by molar-refractivity contribution is 5.83. The minimum atomic E-state index is -0.205. The van der Waals surface area contributed by atoms with Crippen LogP contribution < -0.4 is 15.7 Å². The van der Waals surface area contributed by atoms with Gasteiger partial charge in [-0.05, 0) is 18.1 Å². The lowest BCUT2D eigenvalue weighted by molar-refractivity contribution is 0.414. The van der Waals surface area contributed by atoms with Crippen molar-refractivity contribution in [2.24, 2.45) is 5.10 Å². The zero-order chi connectivity index (χ0) is 15.2. The van der Waals surface area contributed by atoms with E-state index in [1.54, 1.807) is 13.3 Å². The summed E-state index contributed by atoms with van der Waals surface area (Å²) >= 11 is 0. The van der Waals surface area contributed by atoms with Gasteiger partial charge in [-0.1, -0.05) is 26.0 Å². The van der Waals surface area contributed by atoms with E-state index < -0.39 is 0 Å². The van der Waals surface area contributed by atoms with Gasteiger partial charge in [0.05, 0.1) is 19.0 Å². The Kier molecular flexibility index (Phi) is 4.71. The van der Waals surface area contributed by atoms with Crippen LogP contribution in [0.3, 0.4) is 0 Å². The number of methoxy groups -OCH3 is 1. The van der Waals surface area contributed by atoms with E-state index in [4.69, 9.17) is 4.74 Å². The van der Waals surface area contributed by atoms with Gasteiger partial charge in [0.2, 0.25) is 5.95 Å². The number of hydrazone groups is 1. The molecule has 0 aliphatic carbocycles. The summed E-state index contributed by atoms with van der Waals surface area (Å²) in [6, 6.07) is 8.99. The van der Waals surface area contributed by atoms with Crippen molar-refractivity contribution >= 4 is 12.2 Å². The first-order valence-electron chi connectivity index (χ1n) is 6.63. The second-order valence-corrected chi connectivity index (χ2v) is 4.79. The van der Waals surface area contributed by atoms with E-state index in [-0.39, 0.29) is 11.5 Å². The number of nitrogens with one attached hydrogen (secondary N) is 2. The fraction of sp³-hybridized carbons (Fsp3) is 0.267. The predicted molar refractivity (Wildman–Crippen MR) is 83.2 cm³/mol. The SMILES string of the molecule is COc1ccccc1/C=N\Nc1nc(C(C)C)cc(=O)[nH]1. The van der Waals surface area contributed by atoms with Gasteiger partial charge in [0, 0.05) is 11.6 Å². The van der Waals surface area contributed by atoms with Crippen molar-refractivity contribution in [2.75, 3.05) is 12.5 Å². The average molecular weight is 286 g/mol. The number of para-hydroxylation sites is 1. The summed E-state index contributed by atoms with van der Waals surface area (Å²) < 4.78 is 5.23. The van der Waals surface area contributed by atoms with Crippen molar-refractivity contribution in [3.8, 4) is 5.75 Å². The molecule has 6 heteroatoms. The maximum Gasteiger partial charge on any atom is 0.252 e. The van der Waals surface area contributed by atoms with Crippen LogP contribution in [0.1, 0.15) is 31.0 Å². The summed E-state index contributed by atoms with van der Waals surface area (Å²) in [6.07, 6.45) is 1.61. The van der Waals surface area contributed by atoms with Crippen molar-refractivity contribution in [3.05, 3.63) is 51.9 Å². The number of aromatic nitrogens is 2. The molecule has 2 rings (SSSR count). The van der Waals surface area contributed by atoms with Crippen LogP contribution in [0, 0.1) is 0 Å². The summed E-state index contributed by atoms with van der Waals surface area (Å²) in [7, 11) is 1.60. The van der Waals surface area contributed by atoms with Crippen molar-refractivity contribution in [2.45, 2.75) is 19.8 Å². The zero-order valence-corrected chi connectivity index (χ0v) is 12.3. The Morgan fingerprint density at radius 3 is 2.86 bits per heavy atom. The Morgan fingerprint density at radius 2 is 2.14 bits per heavy atom. The van der Waals surface area contributed by atoms with Gasteiger partial charge in [-0.2, -0.15) is 5.10 Å². The fourth-order valence-electron chi connectivity index (χ4n) is 1.76. The van der Waals surface area contributed by atoms with Gasteiger partial charge in [0.15, 0.2) is 0 Å². The maximum absolute atomic E-state index is 11.5. The molecule has 0 amide bonds. The first-order chi connectivity index (χ1) is 10.1. The molecule has 1 heterocycles. The Hall–Kier alpha value is -2.63. The van der Waals surface area contributed by atoms with Crippen molar-refractivity contribution in [1.29, 1.82) is 0 Å². The standard InChI is InChI=1S/C15H18N4O2/c1-10(2)12-8-14(20)18-15(17-12)19-16-9-11-6-4-5-7-13(11)21-3/h4-10H,1-3H3,(H2,17,18,19,20)/b16-9-. The van der Waals surface area contributed by atoms with Gasteiger partial charge < -0.3 is 4.74 Å². The highest BCUT2D eigenvalue weighted by Gasteiger charge is 2.04. The normalized spacial score (nSPS) is 11.0. The molecule has 0 aliphatic heterocycles. The van der Waals surface area contributed by atoms with E-state index in [9.17, 15) is 4.79 Å². The zero-order valence-electron chi connectivity index (χ0n) is 12.3. The minimum absolute atomic E-state index is 0.172. The number of nitrogens with zero attached hydrogens (tertiary/aromatic N) is 2. The third-order valence-corrected chi connectivity index (χ3v) is 2.87. The molecule has 0 unspecified atom stereocenters. The van der Waals surface area contributed by atoms with Gasteiger partial charge in [0.1, 0.15) is 5.75 Å². The quantitative estimate of drug-likeness (QED) is 0.653. The number of H-pyrrole nitrogens is 1. The molecule has 0 saturated heterocycles. The number of hydrogen-bond donors (Lipinski definition) is 2. The fourth-order valence-corrected chi connectivity index (χ4v) is 1.76. The molecule has 110 valence electrons. The maximum atomic E-state index is 11.5. The molecule has 0 bridgehead atoms. The Bertz CT molecular complexity index is 692. The molecule has 1 aromatic heterocycles. The number of benzene rings is 1. The largest absolute Gasteiger partial charge is 0.496 e. The van der Waals surface area contributed by atoms with E-state index in [0.29, 0.717) is 11.6 Å². The first-order valence-corrected chi connectivity index (χ1v) is 6.63. The molecule has 2 N–H and O–H groups in total. The first kappa shape index (κ1) is 14.8. The highest BCUT2D eigenvalue weighted by Crippen LogP contribution is 2.15. The van der Waals surface area contributed by atoms with Crippen LogP contribution in [0.4, 0.5) is 5.95 Å². The van der Waals surface area contributed by atoms with Crippen LogP contribution in [-0.2, 0) is 0 Å². The molecule has 1 aromatic carbocycles. The second kappa shape index (κ2) is 6.69. The van der Waals surface area contributed by atoms with Crippen LogP contribution in [0.25, 0.3) is 0 Å². The van der Waals surface area contributed by atoms with E-state index in [0.717, 1.165) is 11.3 Å². The minimum Gasteiger partial charge on any atom is -0.496 e. The Balaban J connectivity index is 2.16. The third kappa shape index (κ3) is 3.92. The Labute approximate surface area is 122 Å². The number of aromatic amines is 1. The van der Waals surface area contributed by atoms with Crippen LogP contribution in [0.15, 0.2) is 40.2 Å². The summed E-state index contributed by atoms with van der Waals surface area (Å²) in [4.78, 5) is 18.4. The third-order valence-electron chi connectivity index (χ3n) is 2.87. The molecule has 0 aliphatic rings. The van der Waals surface area contributed by atoms with Gasteiger partial charge in [0.25, 0.3) is 5.56 Å². The molecule has 0 spiro atoms. The lowest BCUT2D eigenvalue weighted by Gasteiger charge is -2.06. The van der Waals surface area contributed by atoms with Crippen molar-refractivity contribution in [3.63, 3.8) is 0 Å². The van der Waals surface area contributed by atoms with E-state index in [2.05, 4.69) is 20.5 Å². The molecule has 2 aromatic rings. The van der Waals surface area contributed by atoms with Crippen molar-refractivity contribution in [1.82, 2.24) is 9.97 Å². The van der Waals surface area contributed by atoms with Crippen LogP contribution in [0.2, 0.25) is 0 Å². The van der Waals surface area contributed by atoms with Gasteiger partial charge in [-0.3, -0.25) is 9.78 Å². The highest BCUT2D eigenvalue weighted by atomic mass is 16.5. The summed E-state index contributed by atoms with van der Waals surface area (Å²) in [6.45, 7) is 3.95. The number of rotatable bonds is 5. The number of anilines is 1. The number of hydrogen-bond acceptors (Lipinski definition) is 5. The monoisotopic (exact) mass is 286 g/mol. The summed E-state index contributed by atoms with van der Waals surface area (Å²) in [5.41, 5.74) is 4.07. The molecule has 21 heavy (non-hydrogen) atoms. The predicted octanol–water partition coefficient (Wildman–Crippen LogP) is 2.35. The van der Waals surface area contributed by atoms with Gasteiger partial charge >= 0.3 is 0 Å². The van der Waals surface area contributed by atoms with Crippen LogP contribution in [0.5, 0.6) is 5.75 Å². The van der Waals surface area contributed by atoms with Crippen LogP contribution in [-0.4, -0.2) is 23.3 Å². The molecule has 6 nitrogen and oxygen atoms in total. The lowest BCUT2D eigenvalue weighted by Crippen LogP contribution is -2.12. The second-order valence-electron chi connectivity index (χ2n) is 4.79. The van der Waals surface area contributed by atoms with E-state index in [1.165, 1.54) is 6.07 Å². The smallest absolute Gasteiger partial charge is 0.252 e. The molecular weight excluding hydrogens is 268 g/mol. The lowest BCUT2D eigenvalue weighted by atomic mass is 10.1. The van der Waals surface area contributed by atoms with Gasteiger partial charge in [-0.15, -0.1) is 0 Å². The van der Waals surface area contributed by atoms with E-state index in [1.807, 2.05) is 38.1 Å². The number of ether oxygens (including phenoxy) is 1. The average Bonchev–Trinajstić information content (AvgIpc) is 2.47. The van der Waals surface area contributed by atoms with Crippen molar-refractivity contribution < 1.29 is 4.74 Å². The molecule has 0 saturated carbocycles. The molecule has 0 radical (unpaired) electrons. The Morgan fingerprint density at radius 1 is 1.38 bits per heavy atom. The molecule has 0 fully saturated rings. The van der Waals surface area contributed by atoms with E-state index >= 15 is 0 Å². The molecule has 0 atom stereocenters. The van der Waals surface area contributed by atoms with Crippen LogP contribution >= 0.6 is 0 Å². The summed E-state index contributed by atoms with van der Waals surface area (Å²) in [5, 5.41) is 4.07. The summed E-state index contributed by atoms with van der Waals surface area (Å²) in [5.74, 6) is 1.21. The topological polar surface area (TPSA) is 79.4 Å².